The van der Waals surface area contributed by atoms with E-state index in [1.54, 1.807) is 11.8 Å². The van der Waals surface area contributed by atoms with E-state index in [9.17, 15) is 9.18 Å². The van der Waals surface area contributed by atoms with E-state index in [1.165, 1.54) is 18.2 Å². The second-order valence-corrected chi connectivity index (χ2v) is 5.03. The van der Waals surface area contributed by atoms with Crippen molar-refractivity contribution >= 4 is 11.6 Å². The van der Waals surface area contributed by atoms with Gasteiger partial charge >= 0.3 is 0 Å². The Bertz CT molecular complexity index is 556. The van der Waals surface area contributed by atoms with Crippen LogP contribution in [0.1, 0.15) is 32.3 Å². The Morgan fingerprint density at radius 1 is 1.52 bits per heavy atom. The smallest absolute Gasteiger partial charge is 0.260 e. The van der Waals surface area contributed by atoms with Crippen molar-refractivity contribution in [2.24, 2.45) is 5.16 Å². The van der Waals surface area contributed by atoms with Crippen LogP contribution >= 0.6 is 0 Å². The molecule has 1 N–H and O–H groups in total. The van der Waals surface area contributed by atoms with Crippen molar-refractivity contribution in [2.45, 2.75) is 32.7 Å². The Kier molecular flexibility index (Phi) is 4.77. The lowest BCUT2D eigenvalue weighted by Gasteiger charge is -2.20. The highest BCUT2D eigenvalue weighted by Gasteiger charge is 2.31. The number of amides is 1. The van der Waals surface area contributed by atoms with Crippen molar-refractivity contribution in [1.82, 2.24) is 4.90 Å². The van der Waals surface area contributed by atoms with E-state index >= 15 is 0 Å². The Labute approximate surface area is 123 Å². The molecule has 0 aliphatic heterocycles. The molecular weight excluding hydrogens is 275 g/mol. The standard InChI is InChI=1S/C15H19FN2O3/c1-3-18(12-5-6-12)15(19)9-21-14-8-11(16)4-7-13(14)10(2)17-20/h4,7-8,12,20H,3,5-6,9H2,1-2H3. The van der Waals surface area contributed by atoms with Crippen LogP contribution < -0.4 is 4.74 Å². The van der Waals surface area contributed by atoms with Gasteiger partial charge in [-0.2, -0.15) is 0 Å². The highest BCUT2D eigenvalue weighted by molar-refractivity contribution is 6.00. The van der Waals surface area contributed by atoms with Crippen LogP contribution in [0, 0.1) is 5.82 Å². The Balaban J connectivity index is 2.08. The number of ether oxygens (including phenoxy) is 1. The van der Waals surface area contributed by atoms with Gasteiger partial charge in [-0.3, -0.25) is 4.79 Å². The molecule has 1 fully saturated rings. The maximum atomic E-state index is 13.3. The van der Waals surface area contributed by atoms with Crippen LogP contribution in [0.4, 0.5) is 4.39 Å². The van der Waals surface area contributed by atoms with Gasteiger partial charge in [0.05, 0.1) is 5.71 Å². The molecule has 1 saturated carbocycles. The number of benzene rings is 1. The molecule has 0 saturated heterocycles. The fourth-order valence-electron chi connectivity index (χ4n) is 2.22. The molecule has 21 heavy (non-hydrogen) atoms. The number of carbonyl (C=O) groups excluding carboxylic acids is 1. The zero-order chi connectivity index (χ0) is 15.4. The second kappa shape index (κ2) is 6.56. The van der Waals surface area contributed by atoms with Crippen LogP contribution in [0.5, 0.6) is 5.75 Å². The quantitative estimate of drug-likeness (QED) is 0.498. The third-order valence-electron chi connectivity index (χ3n) is 3.48. The maximum absolute atomic E-state index is 13.3. The van der Waals surface area contributed by atoms with Gasteiger partial charge in [-0.25, -0.2) is 4.39 Å². The number of oxime groups is 1. The van der Waals surface area contributed by atoms with E-state index in [0.717, 1.165) is 12.8 Å². The topological polar surface area (TPSA) is 62.1 Å². The summed E-state index contributed by atoms with van der Waals surface area (Å²) in [7, 11) is 0. The summed E-state index contributed by atoms with van der Waals surface area (Å²) in [6.45, 7) is 3.98. The van der Waals surface area contributed by atoms with Crippen LogP contribution in [0.3, 0.4) is 0 Å². The summed E-state index contributed by atoms with van der Waals surface area (Å²) in [5.41, 5.74) is 0.758. The lowest BCUT2D eigenvalue weighted by Crippen LogP contribution is -2.36. The summed E-state index contributed by atoms with van der Waals surface area (Å²) in [6.07, 6.45) is 2.06. The molecule has 0 radical (unpaired) electrons. The number of carbonyl (C=O) groups is 1. The Hall–Kier alpha value is -2.11. The molecule has 0 atom stereocenters. The van der Waals surface area contributed by atoms with Crippen molar-refractivity contribution in [1.29, 1.82) is 0 Å². The molecule has 114 valence electrons. The molecular formula is C15H19FN2O3. The minimum Gasteiger partial charge on any atom is -0.483 e. The summed E-state index contributed by atoms with van der Waals surface area (Å²) in [6, 6.07) is 4.22. The van der Waals surface area contributed by atoms with Gasteiger partial charge in [0.25, 0.3) is 5.91 Å². The molecule has 0 spiro atoms. The predicted molar refractivity (Wildman–Crippen MR) is 76.3 cm³/mol. The predicted octanol–water partition coefficient (Wildman–Crippen LogP) is 2.41. The molecule has 1 aliphatic rings. The average molecular weight is 294 g/mol. The van der Waals surface area contributed by atoms with Gasteiger partial charge in [-0.05, 0) is 38.8 Å². The molecule has 0 bridgehead atoms. The van der Waals surface area contributed by atoms with Gasteiger partial charge < -0.3 is 14.8 Å². The van der Waals surface area contributed by atoms with Gasteiger partial charge in [0, 0.05) is 24.2 Å². The fraction of sp³-hybridized carbons (Fsp3) is 0.467. The molecule has 1 amide bonds. The molecule has 0 heterocycles. The van der Waals surface area contributed by atoms with Crippen LogP contribution in [0.15, 0.2) is 23.4 Å². The van der Waals surface area contributed by atoms with E-state index in [4.69, 9.17) is 9.94 Å². The van der Waals surface area contributed by atoms with Gasteiger partial charge in [0.1, 0.15) is 11.6 Å². The summed E-state index contributed by atoms with van der Waals surface area (Å²) >= 11 is 0. The monoisotopic (exact) mass is 294 g/mol. The average Bonchev–Trinajstić information content (AvgIpc) is 3.30. The van der Waals surface area contributed by atoms with Crippen molar-refractivity contribution in [2.75, 3.05) is 13.2 Å². The molecule has 6 heteroatoms. The van der Waals surface area contributed by atoms with Crippen LogP contribution in [-0.2, 0) is 4.79 Å². The van der Waals surface area contributed by atoms with E-state index < -0.39 is 5.82 Å². The van der Waals surface area contributed by atoms with E-state index in [2.05, 4.69) is 5.16 Å². The molecule has 1 aromatic carbocycles. The first kappa shape index (κ1) is 15.3. The highest BCUT2D eigenvalue weighted by Crippen LogP contribution is 2.27. The summed E-state index contributed by atoms with van der Waals surface area (Å²) in [5.74, 6) is -0.388. The molecule has 2 rings (SSSR count). The van der Waals surface area contributed by atoms with Crippen molar-refractivity contribution < 1.29 is 19.1 Å². The lowest BCUT2D eigenvalue weighted by molar-refractivity contribution is -0.133. The van der Waals surface area contributed by atoms with Crippen LogP contribution in [0.25, 0.3) is 0 Å². The first-order chi connectivity index (χ1) is 10.1. The first-order valence-electron chi connectivity index (χ1n) is 6.97. The zero-order valence-corrected chi connectivity index (χ0v) is 12.2. The molecule has 1 aromatic rings. The third kappa shape index (κ3) is 3.71. The SMILES string of the molecule is CCN(C(=O)COc1cc(F)ccc1C(C)=NO)C1CC1. The van der Waals surface area contributed by atoms with E-state index in [0.29, 0.717) is 23.9 Å². The van der Waals surface area contributed by atoms with Gasteiger partial charge in [-0.1, -0.05) is 5.16 Å². The number of likely N-dealkylation sites (N-methyl/N-ethyl adjacent to an activating group) is 1. The first-order valence-corrected chi connectivity index (χ1v) is 6.97. The lowest BCUT2D eigenvalue weighted by atomic mass is 10.1. The molecule has 0 aromatic heterocycles. The molecule has 1 aliphatic carbocycles. The number of hydrogen-bond donors (Lipinski definition) is 1. The maximum Gasteiger partial charge on any atom is 0.260 e. The van der Waals surface area contributed by atoms with E-state index in [-0.39, 0.29) is 18.3 Å². The minimum atomic E-state index is -0.471. The Morgan fingerprint density at radius 3 is 2.81 bits per heavy atom. The largest absolute Gasteiger partial charge is 0.483 e. The van der Waals surface area contributed by atoms with E-state index in [1.807, 2.05) is 6.92 Å². The summed E-state index contributed by atoms with van der Waals surface area (Å²) in [4.78, 5) is 13.9. The number of hydrogen-bond acceptors (Lipinski definition) is 4. The van der Waals surface area contributed by atoms with Crippen LogP contribution in [-0.4, -0.2) is 40.9 Å². The second-order valence-electron chi connectivity index (χ2n) is 5.03. The zero-order valence-electron chi connectivity index (χ0n) is 12.2. The number of rotatable bonds is 6. The fourth-order valence-corrected chi connectivity index (χ4v) is 2.22. The van der Waals surface area contributed by atoms with Crippen molar-refractivity contribution in [3.63, 3.8) is 0 Å². The summed E-state index contributed by atoms with van der Waals surface area (Å²) < 4.78 is 18.8. The van der Waals surface area contributed by atoms with Gasteiger partial charge in [0.15, 0.2) is 6.61 Å². The van der Waals surface area contributed by atoms with Gasteiger partial charge in [-0.15, -0.1) is 0 Å². The Morgan fingerprint density at radius 2 is 2.24 bits per heavy atom. The van der Waals surface area contributed by atoms with Gasteiger partial charge in [0.2, 0.25) is 0 Å². The molecule has 0 unspecified atom stereocenters. The van der Waals surface area contributed by atoms with Crippen molar-refractivity contribution in [3.8, 4) is 5.75 Å². The minimum absolute atomic E-state index is 0.117. The third-order valence-corrected chi connectivity index (χ3v) is 3.48. The number of nitrogens with zero attached hydrogens (tertiary/aromatic N) is 2. The number of halogens is 1. The van der Waals surface area contributed by atoms with Crippen molar-refractivity contribution in [3.05, 3.63) is 29.6 Å². The summed E-state index contributed by atoms with van der Waals surface area (Å²) in [5, 5.41) is 11.9. The molecule has 5 nitrogen and oxygen atoms in total. The normalized spacial score (nSPS) is 14.9. The van der Waals surface area contributed by atoms with Crippen LogP contribution in [0.2, 0.25) is 0 Å². The highest BCUT2D eigenvalue weighted by atomic mass is 19.1.